The third-order valence-corrected chi connectivity index (χ3v) is 5.31. The molecular formula is C18H24ClNO5. The van der Waals surface area contributed by atoms with Gasteiger partial charge in [-0.2, -0.15) is 0 Å². The van der Waals surface area contributed by atoms with E-state index in [9.17, 15) is 14.7 Å². The van der Waals surface area contributed by atoms with E-state index in [2.05, 4.69) is 5.32 Å². The number of amides is 1. The number of hydrogen-bond donors (Lipinski definition) is 2. The van der Waals surface area contributed by atoms with Crippen molar-refractivity contribution >= 4 is 23.5 Å². The maximum absolute atomic E-state index is 12.5. The van der Waals surface area contributed by atoms with Gasteiger partial charge < -0.3 is 19.9 Å². The molecule has 0 aromatic heterocycles. The summed E-state index contributed by atoms with van der Waals surface area (Å²) in [7, 11) is 1.51. The number of carboxylic acids is 1. The van der Waals surface area contributed by atoms with Gasteiger partial charge in [0.25, 0.3) is 0 Å². The summed E-state index contributed by atoms with van der Waals surface area (Å²) < 4.78 is 10.8. The Bertz CT molecular complexity index is 675. The first kappa shape index (κ1) is 19.5. The summed E-state index contributed by atoms with van der Waals surface area (Å²) in [6.07, 6.45) is 0.00467. The molecule has 0 bridgehead atoms. The van der Waals surface area contributed by atoms with E-state index in [1.807, 2.05) is 6.92 Å². The molecule has 1 amide bonds. The van der Waals surface area contributed by atoms with Crippen molar-refractivity contribution in [1.82, 2.24) is 5.32 Å². The van der Waals surface area contributed by atoms with Gasteiger partial charge in [0.1, 0.15) is 11.3 Å². The minimum atomic E-state index is -1.35. The van der Waals surface area contributed by atoms with Gasteiger partial charge in [-0.15, -0.1) is 0 Å². The lowest BCUT2D eigenvalue weighted by molar-refractivity contribution is -0.194. The normalized spacial score (nSPS) is 24.3. The van der Waals surface area contributed by atoms with E-state index in [1.165, 1.54) is 7.11 Å². The van der Waals surface area contributed by atoms with Crippen molar-refractivity contribution in [3.63, 3.8) is 0 Å². The molecule has 1 aromatic carbocycles. The molecule has 2 atom stereocenters. The van der Waals surface area contributed by atoms with Crippen LogP contribution in [0.25, 0.3) is 0 Å². The first-order chi connectivity index (χ1) is 11.7. The standard InChI is InChI=1S/C18H24ClNO5/c1-5-25-14-10-18(16(22)23,17(14,2)3)20-15(21)9-11-8-12(19)6-7-13(11)24-4/h6-8,14H,5,9-10H2,1-4H3,(H,20,21)(H,22,23). The van der Waals surface area contributed by atoms with Crippen LogP contribution in [0, 0.1) is 5.41 Å². The molecule has 7 heteroatoms. The van der Waals surface area contributed by atoms with Gasteiger partial charge in [0, 0.05) is 29.0 Å². The highest BCUT2D eigenvalue weighted by Gasteiger charge is 2.66. The summed E-state index contributed by atoms with van der Waals surface area (Å²) in [5, 5.41) is 12.9. The molecule has 1 aliphatic carbocycles. The van der Waals surface area contributed by atoms with E-state index in [-0.39, 0.29) is 18.9 Å². The maximum atomic E-state index is 12.5. The Balaban J connectivity index is 2.18. The zero-order chi connectivity index (χ0) is 18.8. The molecule has 25 heavy (non-hydrogen) atoms. The summed E-state index contributed by atoms with van der Waals surface area (Å²) >= 11 is 5.98. The van der Waals surface area contributed by atoms with Crippen LogP contribution in [-0.4, -0.2) is 42.3 Å². The van der Waals surface area contributed by atoms with Gasteiger partial charge in [0.2, 0.25) is 5.91 Å². The monoisotopic (exact) mass is 369 g/mol. The highest BCUT2D eigenvalue weighted by molar-refractivity contribution is 6.30. The third-order valence-electron chi connectivity index (χ3n) is 5.08. The molecule has 138 valence electrons. The number of methoxy groups -OCH3 is 1. The first-order valence-corrected chi connectivity index (χ1v) is 8.54. The Morgan fingerprint density at radius 1 is 1.40 bits per heavy atom. The predicted molar refractivity (Wildman–Crippen MR) is 94.0 cm³/mol. The summed E-state index contributed by atoms with van der Waals surface area (Å²) in [4.78, 5) is 24.5. The fraction of sp³-hybridized carbons (Fsp3) is 0.556. The van der Waals surface area contributed by atoms with Crippen LogP contribution in [0.5, 0.6) is 5.75 Å². The Kier molecular flexibility index (Phi) is 5.64. The Morgan fingerprint density at radius 2 is 2.08 bits per heavy atom. The number of aliphatic carboxylic acids is 1. The number of carbonyl (C=O) groups excluding carboxylic acids is 1. The molecule has 2 N–H and O–H groups in total. The second-order valence-corrected chi connectivity index (χ2v) is 7.20. The smallest absolute Gasteiger partial charge is 0.330 e. The summed E-state index contributed by atoms with van der Waals surface area (Å²) in [6.45, 7) is 5.95. The van der Waals surface area contributed by atoms with Gasteiger partial charge in [-0.3, -0.25) is 4.79 Å². The Hall–Kier alpha value is -1.79. The van der Waals surface area contributed by atoms with Crippen molar-refractivity contribution in [2.24, 2.45) is 5.41 Å². The van der Waals surface area contributed by atoms with Gasteiger partial charge in [-0.25, -0.2) is 4.79 Å². The SMILES string of the molecule is CCOC1CC(NC(=O)Cc2cc(Cl)ccc2OC)(C(=O)O)C1(C)C. The molecule has 0 spiro atoms. The molecule has 2 unspecified atom stereocenters. The zero-order valence-corrected chi connectivity index (χ0v) is 15.6. The van der Waals surface area contributed by atoms with Gasteiger partial charge in [-0.1, -0.05) is 25.4 Å². The first-order valence-electron chi connectivity index (χ1n) is 8.16. The molecule has 0 aliphatic heterocycles. The number of benzene rings is 1. The highest BCUT2D eigenvalue weighted by atomic mass is 35.5. The lowest BCUT2D eigenvalue weighted by Gasteiger charge is -2.58. The van der Waals surface area contributed by atoms with Gasteiger partial charge in [0.05, 0.1) is 19.6 Å². The maximum Gasteiger partial charge on any atom is 0.330 e. The third kappa shape index (κ3) is 3.46. The number of hydrogen-bond acceptors (Lipinski definition) is 4. The van der Waals surface area contributed by atoms with Gasteiger partial charge in [0.15, 0.2) is 0 Å². The zero-order valence-electron chi connectivity index (χ0n) is 14.9. The lowest BCUT2D eigenvalue weighted by Crippen LogP contribution is -2.76. The van der Waals surface area contributed by atoms with Crippen LogP contribution in [0.4, 0.5) is 0 Å². The fourth-order valence-corrected chi connectivity index (χ4v) is 3.57. The molecular weight excluding hydrogens is 346 g/mol. The van der Waals surface area contributed by atoms with E-state index >= 15 is 0 Å². The molecule has 1 fully saturated rings. The van der Waals surface area contributed by atoms with Crippen molar-refractivity contribution in [2.75, 3.05) is 13.7 Å². The van der Waals surface area contributed by atoms with E-state index in [4.69, 9.17) is 21.1 Å². The minimum absolute atomic E-state index is 0.0197. The van der Waals surface area contributed by atoms with E-state index in [0.29, 0.717) is 22.9 Å². The van der Waals surface area contributed by atoms with Crippen LogP contribution >= 0.6 is 11.6 Å². The van der Waals surface area contributed by atoms with Crippen LogP contribution < -0.4 is 10.1 Å². The Labute approximate surface area is 152 Å². The second kappa shape index (κ2) is 7.22. The predicted octanol–water partition coefficient (Wildman–Crippen LogP) is 2.67. The van der Waals surface area contributed by atoms with Crippen molar-refractivity contribution in [3.8, 4) is 5.75 Å². The minimum Gasteiger partial charge on any atom is -0.496 e. The van der Waals surface area contributed by atoms with Crippen molar-refractivity contribution < 1.29 is 24.2 Å². The highest BCUT2D eigenvalue weighted by Crippen LogP contribution is 2.51. The largest absolute Gasteiger partial charge is 0.496 e. The average Bonchev–Trinajstić information content (AvgIpc) is 2.53. The molecule has 0 saturated heterocycles. The summed E-state index contributed by atoms with van der Waals surface area (Å²) in [5.41, 5.74) is -1.47. The molecule has 1 saturated carbocycles. The van der Waals surface area contributed by atoms with Crippen molar-refractivity contribution in [2.45, 2.75) is 45.3 Å². The quantitative estimate of drug-likeness (QED) is 0.771. The molecule has 1 aromatic rings. The second-order valence-electron chi connectivity index (χ2n) is 6.76. The summed E-state index contributed by atoms with van der Waals surface area (Å²) in [5.74, 6) is -0.921. The van der Waals surface area contributed by atoms with E-state index in [1.54, 1.807) is 32.0 Å². The fourth-order valence-electron chi connectivity index (χ4n) is 3.38. The molecule has 1 aliphatic rings. The van der Waals surface area contributed by atoms with Crippen LogP contribution in [0.3, 0.4) is 0 Å². The van der Waals surface area contributed by atoms with E-state index in [0.717, 1.165) is 0 Å². The Morgan fingerprint density at radius 3 is 2.60 bits per heavy atom. The van der Waals surface area contributed by atoms with Crippen LogP contribution in [0.15, 0.2) is 18.2 Å². The number of rotatable bonds is 7. The van der Waals surface area contributed by atoms with Crippen LogP contribution in [-0.2, 0) is 20.7 Å². The molecule has 0 radical (unpaired) electrons. The lowest BCUT2D eigenvalue weighted by atomic mass is 9.54. The molecule has 0 heterocycles. The van der Waals surface area contributed by atoms with Crippen molar-refractivity contribution in [3.05, 3.63) is 28.8 Å². The topological polar surface area (TPSA) is 84.9 Å². The van der Waals surface area contributed by atoms with E-state index < -0.39 is 22.8 Å². The average molecular weight is 370 g/mol. The number of halogens is 1. The van der Waals surface area contributed by atoms with Crippen LogP contribution in [0.2, 0.25) is 5.02 Å². The molecule has 2 rings (SSSR count). The van der Waals surface area contributed by atoms with Crippen LogP contribution in [0.1, 0.15) is 32.8 Å². The van der Waals surface area contributed by atoms with Gasteiger partial charge >= 0.3 is 5.97 Å². The number of nitrogens with one attached hydrogen (secondary N) is 1. The molecule has 6 nitrogen and oxygen atoms in total. The van der Waals surface area contributed by atoms with Crippen molar-refractivity contribution in [1.29, 1.82) is 0 Å². The summed E-state index contributed by atoms with van der Waals surface area (Å²) in [6, 6.07) is 4.99. The number of ether oxygens (including phenoxy) is 2. The van der Waals surface area contributed by atoms with Gasteiger partial charge in [-0.05, 0) is 25.1 Å². The number of carbonyl (C=O) groups is 2. The number of carboxylic acid groups (broad SMARTS) is 1.